The molecule has 0 amide bonds. The molecular formula is C9H6BrFO2S. The Kier molecular flexibility index (Phi) is 3.29. The van der Waals surface area contributed by atoms with Gasteiger partial charge < -0.3 is 0 Å². The van der Waals surface area contributed by atoms with Crippen LogP contribution in [0.5, 0.6) is 0 Å². The fraction of sp³-hybridized carbons (Fsp3) is 0.111. The van der Waals surface area contributed by atoms with Gasteiger partial charge in [-0.2, -0.15) is 0 Å². The zero-order valence-corrected chi connectivity index (χ0v) is 9.62. The Morgan fingerprint density at radius 1 is 1.43 bits per heavy atom. The average molecular weight is 277 g/mol. The van der Waals surface area contributed by atoms with Gasteiger partial charge in [0.2, 0.25) is 9.84 Å². The highest BCUT2D eigenvalue weighted by Gasteiger charge is 2.03. The fourth-order valence-electron chi connectivity index (χ4n) is 0.748. The van der Waals surface area contributed by atoms with Crippen molar-refractivity contribution in [2.75, 3.05) is 6.26 Å². The second kappa shape index (κ2) is 4.11. The van der Waals surface area contributed by atoms with Crippen molar-refractivity contribution in [3.63, 3.8) is 0 Å². The highest BCUT2D eigenvalue weighted by molar-refractivity contribution is 9.10. The van der Waals surface area contributed by atoms with Crippen LogP contribution in [0.4, 0.5) is 4.39 Å². The van der Waals surface area contributed by atoms with Gasteiger partial charge in [0.15, 0.2) is 5.82 Å². The highest BCUT2D eigenvalue weighted by atomic mass is 79.9. The van der Waals surface area contributed by atoms with Gasteiger partial charge in [-0.3, -0.25) is 0 Å². The lowest BCUT2D eigenvalue weighted by molar-refractivity contribution is 0.611. The Morgan fingerprint density at radius 2 is 2.07 bits per heavy atom. The van der Waals surface area contributed by atoms with Gasteiger partial charge >= 0.3 is 0 Å². The monoisotopic (exact) mass is 276 g/mol. The molecule has 0 bridgehead atoms. The topological polar surface area (TPSA) is 34.1 Å². The third-order valence-corrected chi connectivity index (χ3v) is 2.41. The molecule has 14 heavy (non-hydrogen) atoms. The van der Waals surface area contributed by atoms with Crippen molar-refractivity contribution in [1.82, 2.24) is 0 Å². The van der Waals surface area contributed by atoms with Gasteiger partial charge in [0.1, 0.15) is 0 Å². The van der Waals surface area contributed by atoms with E-state index in [-0.39, 0.29) is 10.0 Å². The summed E-state index contributed by atoms with van der Waals surface area (Å²) in [7, 11) is -3.40. The van der Waals surface area contributed by atoms with E-state index in [2.05, 4.69) is 21.9 Å². The van der Waals surface area contributed by atoms with Crippen molar-refractivity contribution in [2.24, 2.45) is 0 Å². The predicted octanol–water partition coefficient (Wildman–Crippen LogP) is 1.94. The Labute approximate surface area is 90.2 Å². The van der Waals surface area contributed by atoms with Crippen molar-refractivity contribution in [3.8, 4) is 11.2 Å². The zero-order chi connectivity index (χ0) is 10.8. The lowest BCUT2D eigenvalue weighted by atomic mass is 10.2. The number of halogens is 2. The van der Waals surface area contributed by atoms with E-state index in [1.54, 1.807) is 6.07 Å². The molecule has 0 heterocycles. The molecule has 0 radical (unpaired) electrons. The van der Waals surface area contributed by atoms with Gasteiger partial charge in [0, 0.05) is 5.25 Å². The summed E-state index contributed by atoms with van der Waals surface area (Å²) >= 11 is 2.97. The van der Waals surface area contributed by atoms with E-state index in [0.29, 0.717) is 0 Å². The third-order valence-electron chi connectivity index (χ3n) is 1.32. The van der Waals surface area contributed by atoms with E-state index < -0.39 is 15.7 Å². The van der Waals surface area contributed by atoms with Crippen molar-refractivity contribution in [2.45, 2.75) is 0 Å². The molecule has 0 unspecified atom stereocenters. The molecule has 0 fully saturated rings. The lowest BCUT2D eigenvalue weighted by Crippen LogP contribution is -1.90. The lowest BCUT2D eigenvalue weighted by Gasteiger charge is -1.95. The van der Waals surface area contributed by atoms with Gasteiger partial charge in [-0.05, 0) is 34.0 Å². The summed E-state index contributed by atoms with van der Waals surface area (Å²) in [6, 6.07) is 4.51. The van der Waals surface area contributed by atoms with E-state index in [4.69, 9.17) is 0 Å². The van der Waals surface area contributed by atoms with E-state index in [0.717, 1.165) is 6.26 Å². The van der Waals surface area contributed by atoms with E-state index in [1.165, 1.54) is 12.1 Å². The van der Waals surface area contributed by atoms with Crippen molar-refractivity contribution in [3.05, 3.63) is 34.1 Å². The van der Waals surface area contributed by atoms with Crippen molar-refractivity contribution >= 4 is 25.8 Å². The molecule has 0 aliphatic heterocycles. The standard InChI is InChI=1S/C9H6BrFO2S/c1-14(12,13)6-5-7-3-2-4-8(10)9(7)11/h2-4H,1H3. The van der Waals surface area contributed by atoms with Gasteiger partial charge in [0.05, 0.1) is 16.3 Å². The highest BCUT2D eigenvalue weighted by Crippen LogP contribution is 2.17. The Morgan fingerprint density at radius 3 is 2.64 bits per heavy atom. The molecule has 0 aliphatic carbocycles. The maximum atomic E-state index is 13.2. The number of benzene rings is 1. The fourth-order valence-corrected chi connectivity index (χ4v) is 1.41. The molecule has 0 atom stereocenters. The second-order valence-electron chi connectivity index (χ2n) is 2.60. The van der Waals surface area contributed by atoms with E-state index in [9.17, 15) is 12.8 Å². The summed E-state index contributed by atoms with van der Waals surface area (Å²) < 4.78 is 34.9. The van der Waals surface area contributed by atoms with Crippen LogP contribution < -0.4 is 0 Å². The van der Waals surface area contributed by atoms with Crippen LogP contribution in [0.15, 0.2) is 22.7 Å². The largest absolute Gasteiger partial charge is 0.216 e. The normalized spacial score (nSPS) is 10.5. The van der Waals surface area contributed by atoms with E-state index >= 15 is 0 Å². The molecule has 0 aromatic heterocycles. The van der Waals surface area contributed by atoms with Gasteiger partial charge in [-0.1, -0.05) is 6.07 Å². The summed E-state index contributed by atoms with van der Waals surface area (Å²) in [6.45, 7) is 0. The maximum absolute atomic E-state index is 13.2. The van der Waals surface area contributed by atoms with Crippen LogP contribution in [0, 0.1) is 17.0 Å². The minimum Gasteiger partial charge on any atom is -0.216 e. The smallest absolute Gasteiger partial charge is 0.214 e. The second-order valence-corrected chi connectivity index (χ2v) is 5.20. The molecule has 0 aliphatic rings. The van der Waals surface area contributed by atoms with Crippen LogP contribution in [0.3, 0.4) is 0 Å². The van der Waals surface area contributed by atoms with Crippen LogP contribution in [0.1, 0.15) is 5.56 Å². The first-order valence-electron chi connectivity index (χ1n) is 3.57. The molecule has 0 N–H and O–H groups in total. The summed E-state index contributed by atoms with van der Waals surface area (Å²) in [5.41, 5.74) is 0.0600. The Hall–Kier alpha value is -0.860. The summed E-state index contributed by atoms with van der Waals surface area (Å²) in [5.74, 6) is 1.70. The Balaban J connectivity index is 3.21. The van der Waals surface area contributed by atoms with Crippen LogP contribution in [0.2, 0.25) is 0 Å². The molecule has 0 spiro atoms. The molecule has 1 aromatic rings. The molecule has 1 aromatic carbocycles. The minimum absolute atomic E-state index is 0.0600. The number of sulfone groups is 1. The molecule has 2 nitrogen and oxygen atoms in total. The number of hydrogen-bond acceptors (Lipinski definition) is 2. The van der Waals surface area contributed by atoms with Gasteiger partial charge in [-0.15, -0.1) is 0 Å². The third kappa shape index (κ3) is 3.13. The van der Waals surface area contributed by atoms with Crippen molar-refractivity contribution in [1.29, 1.82) is 0 Å². The molecule has 5 heteroatoms. The summed E-state index contributed by atoms with van der Waals surface area (Å²) in [6.07, 6.45) is 0.968. The van der Waals surface area contributed by atoms with E-state index in [1.807, 2.05) is 5.25 Å². The van der Waals surface area contributed by atoms with Gasteiger partial charge in [-0.25, -0.2) is 12.8 Å². The molecule has 1 rings (SSSR count). The number of rotatable bonds is 0. The quantitative estimate of drug-likeness (QED) is 0.679. The molecule has 0 saturated carbocycles. The molecular weight excluding hydrogens is 271 g/mol. The minimum atomic E-state index is -3.40. The average Bonchev–Trinajstić information content (AvgIpc) is 2.06. The van der Waals surface area contributed by atoms with Crippen LogP contribution in [-0.2, 0) is 9.84 Å². The molecule has 0 saturated heterocycles. The van der Waals surface area contributed by atoms with Crippen LogP contribution in [0.25, 0.3) is 0 Å². The Bertz CT molecular complexity index is 511. The summed E-state index contributed by atoms with van der Waals surface area (Å²) in [5, 5.41) is 1.97. The predicted molar refractivity (Wildman–Crippen MR) is 55.8 cm³/mol. The van der Waals surface area contributed by atoms with Crippen LogP contribution >= 0.6 is 15.9 Å². The first kappa shape index (κ1) is 11.2. The van der Waals surface area contributed by atoms with Crippen molar-refractivity contribution < 1.29 is 12.8 Å². The first-order chi connectivity index (χ1) is 6.40. The number of hydrogen-bond donors (Lipinski definition) is 0. The van der Waals surface area contributed by atoms with Crippen LogP contribution in [-0.4, -0.2) is 14.7 Å². The first-order valence-corrected chi connectivity index (χ1v) is 6.25. The molecule has 74 valence electrons. The summed E-state index contributed by atoms with van der Waals surface area (Å²) in [4.78, 5) is 0. The maximum Gasteiger partial charge on any atom is 0.214 e. The SMILES string of the molecule is CS(=O)(=O)C#Cc1cccc(Br)c1F. The van der Waals surface area contributed by atoms with Gasteiger partial charge in [0.25, 0.3) is 0 Å². The zero-order valence-electron chi connectivity index (χ0n) is 7.21.